The molecule has 2 aliphatic heterocycles. The number of carbonyl (C=O) groups excluding carboxylic acids is 1. The van der Waals surface area contributed by atoms with Crippen molar-refractivity contribution in [2.75, 3.05) is 49.6 Å². The number of anilines is 2. The minimum atomic E-state index is -1.03. The molecule has 2 fully saturated rings. The molecule has 1 amide bonds. The van der Waals surface area contributed by atoms with E-state index in [-0.39, 0.29) is 24.1 Å². The van der Waals surface area contributed by atoms with E-state index in [1.807, 2.05) is 17.0 Å². The highest BCUT2D eigenvalue weighted by Crippen LogP contribution is 2.37. The van der Waals surface area contributed by atoms with Gasteiger partial charge in [-0.3, -0.25) is 4.79 Å². The van der Waals surface area contributed by atoms with Crippen LogP contribution in [0, 0.1) is 5.82 Å². The number of carboxylic acid groups (broad SMARTS) is 1. The maximum atomic E-state index is 16.0. The molecule has 1 aliphatic carbocycles. The van der Waals surface area contributed by atoms with Gasteiger partial charge in [-0.25, -0.2) is 14.2 Å². The standard InChI is InChI=1S/C36H38FN5O4/c1-39-16-18-40(19-17-39)32-14-10-27(41-15-5-8-34(41)43)20-25(32)23-46-28-11-12-29(30(37)22-28)35-38-31-21-24(36(44)45)9-13-33(31)42(35)26-6-3-2-4-7-26/h2-3,9-14,20-22,26H,4-8,15-19,23H2,1H3,(H,44,45)/t26-/m0/s1. The fraction of sp³-hybridized carbons (Fsp3) is 0.361. The summed E-state index contributed by atoms with van der Waals surface area (Å²) in [5, 5.41) is 9.54. The quantitative estimate of drug-likeness (QED) is 0.231. The number of rotatable bonds is 8. The van der Waals surface area contributed by atoms with Gasteiger partial charge >= 0.3 is 5.97 Å². The third kappa shape index (κ3) is 5.85. The van der Waals surface area contributed by atoms with E-state index in [1.165, 1.54) is 6.07 Å². The predicted octanol–water partition coefficient (Wildman–Crippen LogP) is 6.28. The number of fused-ring (bicyclic) bond motifs is 1. The van der Waals surface area contributed by atoms with Gasteiger partial charge in [0, 0.05) is 68.2 Å². The SMILES string of the molecule is CN1CCN(c2ccc(N3CCCC3=O)cc2COc2ccc(-c3nc4cc(C(=O)O)ccc4n3[C@H]3CC=CCC3)c(F)c2)CC1. The van der Waals surface area contributed by atoms with E-state index in [1.54, 1.807) is 30.3 Å². The third-order valence-corrected chi connectivity index (χ3v) is 9.41. The number of ether oxygens (including phenoxy) is 1. The summed E-state index contributed by atoms with van der Waals surface area (Å²) in [5.41, 5.74) is 4.67. The van der Waals surface area contributed by atoms with Gasteiger partial charge in [-0.1, -0.05) is 12.2 Å². The zero-order chi connectivity index (χ0) is 31.8. The normalized spacial score (nSPS) is 18.9. The molecule has 3 aliphatic rings. The Morgan fingerprint density at radius 1 is 1.02 bits per heavy atom. The number of benzene rings is 3. The summed E-state index contributed by atoms with van der Waals surface area (Å²) >= 11 is 0. The highest BCUT2D eigenvalue weighted by Gasteiger charge is 2.26. The summed E-state index contributed by atoms with van der Waals surface area (Å²) in [4.78, 5) is 35.4. The van der Waals surface area contributed by atoms with Crippen LogP contribution in [0.3, 0.4) is 0 Å². The summed E-state index contributed by atoms with van der Waals surface area (Å²) in [5.74, 6) is -0.493. The van der Waals surface area contributed by atoms with Crippen LogP contribution in [0.1, 0.15) is 54.1 Å². The number of likely N-dealkylation sites (N-methyl/N-ethyl adjacent to an activating group) is 1. The van der Waals surface area contributed by atoms with Gasteiger partial charge in [0.05, 0.1) is 22.2 Å². The van der Waals surface area contributed by atoms with Crippen molar-refractivity contribution in [2.24, 2.45) is 0 Å². The Hall–Kier alpha value is -4.70. The molecule has 3 aromatic carbocycles. The van der Waals surface area contributed by atoms with Gasteiger partial charge in [0.15, 0.2) is 0 Å². The molecule has 7 rings (SSSR count). The minimum Gasteiger partial charge on any atom is -0.489 e. The second kappa shape index (κ2) is 12.6. The van der Waals surface area contributed by atoms with Gasteiger partial charge in [0.1, 0.15) is 24.0 Å². The van der Waals surface area contributed by atoms with Crippen LogP contribution < -0.4 is 14.5 Å². The summed E-state index contributed by atoms with van der Waals surface area (Å²) in [6, 6.07) is 16.0. The van der Waals surface area contributed by atoms with Crippen LogP contribution >= 0.6 is 0 Å². The number of aromatic carboxylic acids is 1. The lowest BCUT2D eigenvalue weighted by Gasteiger charge is -2.35. The molecule has 0 saturated carbocycles. The Kier molecular flexibility index (Phi) is 8.21. The lowest BCUT2D eigenvalue weighted by molar-refractivity contribution is -0.117. The number of nitrogens with zero attached hydrogens (tertiary/aromatic N) is 5. The molecule has 1 aromatic heterocycles. The van der Waals surface area contributed by atoms with E-state index in [0.29, 0.717) is 35.6 Å². The van der Waals surface area contributed by atoms with Crippen LogP contribution in [0.4, 0.5) is 15.8 Å². The van der Waals surface area contributed by atoms with Crippen LogP contribution in [-0.4, -0.2) is 71.2 Å². The number of carbonyl (C=O) groups is 2. The zero-order valence-corrected chi connectivity index (χ0v) is 26.0. The average molecular weight is 624 g/mol. The van der Waals surface area contributed by atoms with Crippen LogP contribution in [0.5, 0.6) is 5.75 Å². The summed E-state index contributed by atoms with van der Waals surface area (Å²) in [6.07, 6.45) is 8.28. The van der Waals surface area contributed by atoms with Crippen LogP contribution in [0.2, 0.25) is 0 Å². The van der Waals surface area contributed by atoms with E-state index >= 15 is 4.39 Å². The maximum Gasteiger partial charge on any atom is 0.335 e. The molecular weight excluding hydrogens is 585 g/mol. The molecule has 1 atom stereocenters. The first kappa shape index (κ1) is 30.0. The monoisotopic (exact) mass is 623 g/mol. The minimum absolute atomic E-state index is 0.0822. The van der Waals surface area contributed by atoms with Crippen molar-refractivity contribution in [1.29, 1.82) is 0 Å². The molecule has 3 heterocycles. The van der Waals surface area contributed by atoms with Crippen molar-refractivity contribution in [3.05, 3.63) is 83.7 Å². The Bertz CT molecular complexity index is 1830. The number of amides is 1. The molecule has 0 radical (unpaired) electrons. The van der Waals surface area contributed by atoms with Gasteiger partial charge < -0.3 is 29.1 Å². The smallest absolute Gasteiger partial charge is 0.335 e. The zero-order valence-electron chi connectivity index (χ0n) is 26.0. The Morgan fingerprint density at radius 2 is 1.87 bits per heavy atom. The van der Waals surface area contributed by atoms with Gasteiger partial charge in [-0.05, 0) is 81.3 Å². The van der Waals surface area contributed by atoms with Crippen molar-refractivity contribution < 1.29 is 23.8 Å². The maximum absolute atomic E-state index is 16.0. The van der Waals surface area contributed by atoms with E-state index in [4.69, 9.17) is 9.72 Å². The number of hydrogen-bond acceptors (Lipinski definition) is 6. The second-order valence-corrected chi connectivity index (χ2v) is 12.4. The topological polar surface area (TPSA) is 91.1 Å². The predicted molar refractivity (Wildman–Crippen MR) is 176 cm³/mol. The Labute approximate surface area is 267 Å². The molecular formula is C36H38FN5O4. The van der Waals surface area contributed by atoms with Crippen molar-refractivity contribution in [3.8, 4) is 17.1 Å². The van der Waals surface area contributed by atoms with Crippen molar-refractivity contribution in [1.82, 2.24) is 14.5 Å². The van der Waals surface area contributed by atoms with Gasteiger partial charge in [0.25, 0.3) is 0 Å². The van der Waals surface area contributed by atoms with Gasteiger partial charge in [-0.15, -0.1) is 0 Å². The Balaban J connectivity index is 1.19. The van der Waals surface area contributed by atoms with Crippen LogP contribution in [0.15, 0.2) is 66.7 Å². The fourth-order valence-corrected chi connectivity index (χ4v) is 6.86. The van der Waals surface area contributed by atoms with E-state index in [9.17, 15) is 14.7 Å². The summed E-state index contributed by atoms with van der Waals surface area (Å²) in [7, 11) is 2.12. The van der Waals surface area contributed by atoms with Gasteiger partial charge in [-0.2, -0.15) is 0 Å². The molecule has 4 aromatic rings. The summed E-state index contributed by atoms with van der Waals surface area (Å²) in [6.45, 7) is 4.62. The van der Waals surface area contributed by atoms with Crippen molar-refractivity contribution >= 4 is 34.3 Å². The highest BCUT2D eigenvalue weighted by atomic mass is 19.1. The number of piperazine rings is 1. The molecule has 1 N–H and O–H groups in total. The lowest BCUT2D eigenvalue weighted by Crippen LogP contribution is -2.44. The summed E-state index contributed by atoms with van der Waals surface area (Å²) < 4.78 is 24.2. The number of halogens is 1. The number of aromatic nitrogens is 2. The Morgan fingerprint density at radius 3 is 2.59 bits per heavy atom. The molecule has 238 valence electrons. The van der Waals surface area contributed by atoms with Crippen molar-refractivity contribution in [3.63, 3.8) is 0 Å². The molecule has 0 spiro atoms. The van der Waals surface area contributed by atoms with Crippen LogP contribution in [-0.2, 0) is 11.4 Å². The third-order valence-electron chi connectivity index (χ3n) is 9.41. The molecule has 10 heteroatoms. The first-order valence-corrected chi connectivity index (χ1v) is 16.1. The highest BCUT2D eigenvalue weighted by molar-refractivity contribution is 5.96. The number of imidazole rings is 1. The second-order valence-electron chi connectivity index (χ2n) is 12.4. The first-order chi connectivity index (χ1) is 22.4. The molecule has 46 heavy (non-hydrogen) atoms. The largest absolute Gasteiger partial charge is 0.489 e. The molecule has 0 unspecified atom stereocenters. The molecule has 2 saturated heterocycles. The van der Waals surface area contributed by atoms with Crippen molar-refractivity contribution in [2.45, 2.75) is 44.8 Å². The van der Waals surface area contributed by atoms with Crippen LogP contribution in [0.25, 0.3) is 22.4 Å². The van der Waals surface area contributed by atoms with E-state index < -0.39 is 11.8 Å². The van der Waals surface area contributed by atoms with E-state index in [2.05, 4.69) is 39.6 Å². The number of hydrogen-bond donors (Lipinski definition) is 1. The number of carboxylic acids is 1. The molecule has 9 nitrogen and oxygen atoms in total. The van der Waals surface area contributed by atoms with E-state index in [0.717, 1.165) is 74.3 Å². The molecule has 0 bridgehead atoms. The van der Waals surface area contributed by atoms with Gasteiger partial charge in [0.2, 0.25) is 5.91 Å². The average Bonchev–Trinajstić information content (AvgIpc) is 3.67. The fourth-order valence-electron chi connectivity index (χ4n) is 6.86. The lowest BCUT2D eigenvalue weighted by atomic mass is 10.0. The first-order valence-electron chi connectivity index (χ1n) is 16.1. The number of allylic oxidation sites excluding steroid dienone is 2.